The van der Waals surface area contributed by atoms with Gasteiger partial charge in [0.2, 0.25) is 0 Å². The number of H-pyrrole nitrogens is 1. The Balaban J connectivity index is 2.48. The van der Waals surface area contributed by atoms with E-state index in [9.17, 15) is 18.3 Å². The number of carboxylic acids is 1. The molecule has 1 fully saturated rings. The number of aryl methyl sites for hydroxylation is 1. The number of hydrogen-bond donors (Lipinski definition) is 2. The van der Waals surface area contributed by atoms with Crippen molar-refractivity contribution in [1.82, 2.24) is 14.3 Å². The molecule has 0 bridgehead atoms. The van der Waals surface area contributed by atoms with Gasteiger partial charge in [0, 0.05) is 6.54 Å². The molecule has 8 heteroatoms. The molecule has 1 atom stereocenters. The van der Waals surface area contributed by atoms with Crippen LogP contribution in [0, 0.1) is 6.92 Å². The van der Waals surface area contributed by atoms with Gasteiger partial charge in [-0.3, -0.25) is 4.79 Å². The Labute approximate surface area is 111 Å². The summed E-state index contributed by atoms with van der Waals surface area (Å²) in [6, 6.07) is 0. The molecule has 0 radical (unpaired) electrons. The van der Waals surface area contributed by atoms with Crippen LogP contribution in [0.25, 0.3) is 0 Å². The third-order valence-corrected chi connectivity index (χ3v) is 5.54. The van der Waals surface area contributed by atoms with E-state index in [2.05, 4.69) is 9.97 Å². The van der Waals surface area contributed by atoms with Crippen molar-refractivity contribution >= 4 is 16.0 Å². The zero-order valence-electron chi connectivity index (χ0n) is 10.9. The fourth-order valence-corrected chi connectivity index (χ4v) is 4.40. The van der Waals surface area contributed by atoms with Crippen LogP contribution in [0.4, 0.5) is 0 Å². The Morgan fingerprint density at radius 1 is 1.63 bits per heavy atom. The molecule has 1 aromatic rings. The molecule has 7 nitrogen and oxygen atoms in total. The van der Waals surface area contributed by atoms with Gasteiger partial charge in [-0.2, -0.15) is 4.31 Å². The number of nitrogens with zero attached hydrogens (tertiary/aromatic N) is 2. The Morgan fingerprint density at radius 3 is 2.79 bits per heavy atom. The second-order valence-corrected chi connectivity index (χ2v) is 6.53. The van der Waals surface area contributed by atoms with E-state index in [1.807, 2.05) is 0 Å². The van der Waals surface area contributed by atoms with E-state index in [0.29, 0.717) is 18.7 Å². The molecule has 1 unspecified atom stereocenters. The van der Waals surface area contributed by atoms with Crippen molar-refractivity contribution in [3.63, 3.8) is 0 Å². The second kappa shape index (κ2) is 4.61. The molecule has 2 N–H and O–H groups in total. The quantitative estimate of drug-likeness (QED) is 0.850. The van der Waals surface area contributed by atoms with Gasteiger partial charge in [0.05, 0.1) is 6.20 Å². The van der Waals surface area contributed by atoms with Gasteiger partial charge in [-0.25, -0.2) is 13.4 Å². The second-order valence-electron chi connectivity index (χ2n) is 4.70. The molecule has 0 amide bonds. The summed E-state index contributed by atoms with van der Waals surface area (Å²) in [5.41, 5.74) is -1.34. The molecule has 1 aliphatic heterocycles. The normalized spacial score (nSPS) is 24.7. The topological polar surface area (TPSA) is 103 Å². The number of aromatic nitrogens is 2. The lowest BCUT2D eigenvalue weighted by Crippen LogP contribution is -2.52. The number of sulfonamides is 1. The van der Waals surface area contributed by atoms with Crippen LogP contribution < -0.4 is 0 Å². The molecule has 0 aromatic carbocycles. The van der Waals surface area contributed by atoms with Crippen molar-refractivity contribution in [1.29, 1.82) is 0 Å². The Hall–Kier alpha value is -1.41. The van der Waals surface area contributed by atoms with Crippen LogP contribution in [0.1, 0.15) is 32.0 Å². The van der Waals surface area contributed by atoms with Gasteiger partial charge >= 0.3 is 5.97 Å². The molecule has 0 saturated carbocycles. The number of aromatic amines is 1. The van der Waals surface area contributed by atoms with Crippen molar-refractivity contribution in [2.75, 3.05) is 6.54 Å². The Kier molecular flexibility index (Phi) is 3.40. The van der Waals surface area contributed by atoms with E-state index in [1.54, 1.807) is 13.8 Å². The first-order valence-corrected chi connectivity index (χ1v) is 7.56. The summed E-state index contributed by atoms with van der Waals surface area (Å²) >= 11 is 0. The van der Waals surface area contributed by atoms with Crippen LogP contribution in [0.15, 0.2) is 11.2 Å². The van der Waals surface area contributed by atoms with E-state index in [4.69, 9.17) is 0 Å². The number of aliphatic carboxylic acids is 1. The summed E-state index contributed by atoms with van der Waals surface area (Å²) in [5, 5.41) is 9.37. The summed E-state index contributed by atoms with van der Waals surface area (Å²) in [6.07, 6.45) is 2.36. The molecule has 1 aliphatic rings. The molecule has 1 saturated heterocycles. The van der Waals surface area contributed by atoms with Crippen molar-refractivity contribution in [2.45, 2.75) is 43.7 Å². The predicted molar refractivity (Wildman–Crippen MR) is 67.1 cm³/mol. The average molecular weight is 287 g/mol. The zero-order valence-corrected chi connectivity index (χ0v) is 11.7. The number of carboxylic acid groups (broad SMARTS) is 1. The summed E-state index contributed by atoms with van der Waals surface area (Å²) in [4.78, 5) is 18.0. The van der Waals surface area contributed by atoms with Crippen LogP contribution in [0.3, 0.4) is 0 Å². The first-order valence-electron chi connectivity index (χ1n) is 6.12. The summed E-state index contributed by atoms with van der Waals surface area (Å²) in [5.74, 6) is -0.609. The lowest BCUT2D eigenvalue weighted by Gasteiger charge is -2.32. The van der Waals surface area contributed by atoms with Crippen LogP contribution in [-0.4, -0.2) is 45.9 Å². The molecule has 0 aliphatic carbocycles. The van der Waals surface area contributed by atoms with Crippen LogP contribution in [0.2, 0.25) is 0 Å². The minimum Gasteiger partial charge on any atom is -0.480 e. The maximum Gasteiger partial charge on any atom is 0.325 e. The largest absolute Gasteiger partial charge is 0.480 e. The van der Waals surface area contributed by atoms with Crippen molar-refractivity contribution < 1.29 is 18.3 Å². The first kappa shape index (κ1) is 14.0. The third kappa shape index (κ3) is 2.04. The van der Waals surface area contributed by atoms with Crippen LogP contribution in [0.5, 0.6) is 0 Å². The van der Waals surface area contributed by atoms with Crippen molar-refractivity contribution in [3.05, 3.63) is 12.0 Å². The lowest BCUT2D eigenvalue weighted by atomic mass is 9.95. The molecular formula is C11H17N3O4S. The molecule has 106 valence electrons. The predicted octanol–water partition coefficient (Wildman–Crippen LogP) is 0.736. The Morgan fingerprint density at radius 2 is 2.32 bits per heavy atom. The minimum atomic E-state index is -3.85. The van der Waals surface area contributed by atoms with Crippen LogP contribution >= 0.6 is 0 Å². The van der Waals surface area contributed by atoms with Gasteiger partial charge in [0.25, 0.3) is 10.0 Å². The average Bonchev–Trinajstić information content (AvgIpc) is 2.95. The molecule has 0 spiro atoms. The summed E-state index contributed by atoms with van der Waals surface area (Å²) in [6.45, 7) is 3.56. The van der Waals surface area contributed by atoms with Gasteiger partial charge in [-0.05, 0) is 26.2 Å². The standard InChI is InChI=1S/C11H17N3O4S/c1-3-11(10(15)16)5-4-6-14(11)19(17,18)9-7-12-8(2)13-9/h7H,3-6H2,1-2H3,(H,12,13)(H,15,16). The maximum atomic E-state index is 12.5. The van der Waals surface area contributed by atoms with Gasteiger partial charge < -0.3 is 10.1 Å². The number of imidazole rings is 1. The molecular weight excluding hydrogens is 270 g/mol. The van der Waals surface area contributed by atoms with Gasteiger partial charge in [0.1, 0.15) is 11.4 Å². The Bertz CT molecular complexity index is 595. The third-order valence-electron chi connectivity index (χ3n) is 3.66. The highest BCUT2D eigenvalue weighted by Gasteiger charge is 2.52. The molecule has 2 heterocycles. The number of nitrogens with one attached hydrogen (secondary N) is 1. The van der Waals surface area contributed by atoms with Crippen molar-refractivity contribution in [3.8, 4) is 0 Å². The van der Waals surface area contributed by atoms with E-state index in [1.165, 1.54) is 6.20 Å². The van der Waals surface area contributed by atoms with E-state index in [0.717, 1.165) is 4.31 Å². The minimum absolute atomic E-state index is 0.0500. The first-order chi connectivity index (χ1) is 8.84. The number of rotatable bonds is 4. The highest BCUT2D eigenvalue weighted by molar-refractivity contribution is 7.89. The summed E-state index contributed by atoms with van der Waals surface area (Å²) < 4.78 is 26.1. The van der Waals surface area contributed by atoms with Gasteiger partial charge in [0.15, 0.2) is 5.03 Å². The zero-order chi connectivity index (χ0) is 14.3. The number of carbonyl (C=O) groups is 1. The fourth-order valence-electron chi connectivity index (χ4n) is 2.57. The highest BCUT2D eigenvalue weighted by atomic mass is 32.2. The monoisotopic (exact) mass is 287 g/mol. The SMILES string of the molecule is CCC1(C(=O)O)CCCN1S(=O)(=O)c1cnc(C)[nH]1. The molecule has 2 rings (SSSR count). The van der Waals surface area contributed by atoms with Gasteiger partial charge in [-0.1, -0.05) is 6.92 Å². The van der Waals surface area contributed by atoms with E-state index < -0.39 is 21.5 Å². The van der Waals surface area contributed by atoms with E-state index >= 15 is 0 Å². The van der Waals surface area contributed by atoms with E-state index in [-0.39, 0.29) is 18.0 Å². The van der Waals surface area contributed by atoms with Gasteiger partial charge in [-0.15, -0.1) is 0 Å². The fraction of sp³-hybridized carbons (Fsp3) is 0.636. The maximum absolute atomic E-state index is 12.5. The van der Waals surface area contributed by atoms with Crippen LogP contribution in [-0.2, 0) is 14.8 Å². The smallest absolute Gasteiger partial charge is 0.325 e. The summed E-state index contributed by atoms with van der Waals surface area (Å²) in [7, 11) is -3.85. The molecule has 19 heavy (non-hydrogen) atoms. The lowest BCUT2D eigenvalue weighted by molar-refractivity contribution is -0.147. The number of hydrogen-bond acceptors (Lipinski definition) is 4. The van der Waals surface area contributed by atoms with Crippen molar-refractivity contribution in [2.24, 2.45) is 0 Å². The highest BCUT2D eigenvalue weighted by Crippen LogP contribution is 2.37. The molecule has 1 aromatic heterocycles.